The summed E-state index contributed by atoms with van der Waals surface area (Å²) in [6.07, 6.45) is 10.0. The summed E-state index contributed by atoms with van der Waals surface area (Å²) in [4.78, 5) is 0. The second kappa shape index (κ2) is 6.11. The third-order valence-electron chi connectivity index (χ3n) is 2.72. The molecule has 0 aromatic carbocycles. The smallest absolute Gasteiger partial charge is 0.332 e. The van der Waals surface area contributed by atoms with Crippen LogP contribution < -0.4 is 0 Å². The monoisotopic (exact) mass is 350 g/mol. The van der Waals surface area contributed by atoms with Gasteiger partial charge in [-0.05, 0) is 13.1 Å². The van der Waals surface area contributed by atoms with Crippen LogP contribution in [0.3, 0.4) is 0 Å². The molecule has 0 aliphatic carbocycles. The van der Waals surface area contributed by atoms with E-state index < -0.39 is 56.8 Å². The Labute approximate surface area is 127 Å². The van der Waals surface area contributed by atoms with Crippen molar-refractivity contribution in [3.63, 3.8) is 0 Å². The summed E-state index contributed by atoms with van der Waals surface area (Å²) in [5.41, 5.74) is -1.43. The predicted octanol–water partition coefficient (Wildman–Crippen LogP) is -0.430. The Bertz CT molecular complexity index is 630. The van der Waals surface area contributed by atoms with Gasteiger partial charge in [0.25, 0.3) is 0 Å². The Balaban J connectivity index is 3.10. The predicted molar refractivity (Wildman–Crippen MR) is 82.2 cm³/mol. The summed E-state index contributed by atoms with van der Waals surface area (Å²) in [5, 5.41) is 0. The van der Waals surface area contributed by atoms with Gasteiger partial charge in [-0.1, -0.05) is 11.8 Å². The van der Waals surface area contributed by atoms with E-state index in [0.29, 0.717) is 0 Å². The average molecular weight is 350 g/mol. The molecule has 1 heterocycles. The minimum Gasteiger partial charge on any atom is -0.391 e. The molecule has 0 aromatic rings. The Hall–Kier alpha value is -0.843. The molecule has 0 bridgehead atoms. The third kappa shape index (κ3) is 5.45. The van der Waals surface area contributed by atoms with Crippen LogP contribution in [0.25, 0.3) is 0 Å². The lowest BCUT2D eigenvalue weighted by Crippen LogP contribution is -2.48. The van der Waals surface area contributed by atoms with Gasteiger partial charge >= 0.3 is 8.56 Å². The number of rotatable bonds is 6. The fourth-order valence-corrected chi connectivity index (χ4v) is 7.28. The lowest BCUT2D eigenvalue weighted by molar-refractivity contribution is 0.139. The lowest BCUT2D eigenvalue weighted by Gasteiger charge is -2.28. The summed E-state index contributed by atoms with van der Waals surface area (Å²) in [6.45, 7) is 3.34. The van der Waals surface area contributed by atoms with Gasteiger partial charge in [0.1, 0.15) is 17.1 Å². The van der Waals surface area contributed by atoms with Gasteiger partial charge in [0.05, 0.1) is 18.1 Å². The summed E-state index contributed by atoms with van der Waals surface area (Å²) in [5.74, 6) is 2.16. The number of hydrogen-bond donors (Lipinski definition) is 0. The summed E-state index contributed by atoms with van der Waals surface area (Å²) in [7, 11) is -9.85. The number of hydrogen-bond acceptors (Lipinski definition) is 6. The summed E-state index contributed by atoms with van der Waals surface area (Å²) in [6, 6.07) is 0. The van der Waals surface area contributed by atoms with Crippen molar-refractivity contribution >= 4 is 28.2 Å². The standard InChI is InChI=1S/C12H18O6S2Si/c1-5-7-19(13,14)10-12(9-17-21(3,4)18-12)11-20(15,16)8-6-2/h1-2H,7-11H2,3-4H3. The fraction of sp³-hybridized carbons (Fsp3) is 0.667. The van der Waals surface area contributed by atoms with Crippen LogP contribution in [0.4, 0.5) is 0 Å². The highest BCUT2D eigenvalue weighted by Gasteiger charge is 2.51. The maximum atomic E-state index is 11.9. The van der Waals surface area contributed by atoms with E-state index in [1.54, 1.807) is 13.1 Å². The van der Waals surface area contributed by atoms with Crippen LogP contribution in [0.5, 0.6) is 0 Å². The topological polar surface area (TPSA) is 86.7 Å². The highest BCUT2D eigenvalue weighted by Crippen LogP contribution is 2.31. The van der Waals surface area contributed by atoms with E-state index in [0.717, 1.165) is 0 Å². The van der Waals surface area contributed by atoms with Crippen LogP contribution in [0.1, 0.15) is 0 Å². The molecule has 1 aliphatic rings. The minimum atomic E-state index is -3.65. The van der Waals surface area contributed by atoms with Gasteiger partial charge in [-0.3, -0.25) is 0 Å². The molecule has 0 spiro atoms. The fourth-order valence-electron chi connectivity index (χ4n) is 2.23. The van der Waals surface area contributed by atoms with Crippen LogP contribution in [0, 0.1) is 24.7 Å². The minimum absolute atomic E-state index is 0.0974. The summed E-state index contributed by atoms with van der Waals surface area (Å²) < 4.78 is 59.0. The van der Waals surface area contributed by atoms with Crippen molar-refractivity contribution in [2.75, 3.05) is 29.6 Å². The van der Waals surface area contributed by atoms with E-state index in [1.165, 1.54) is 0 Å². The Morgan fingerprint density at radius 2 is 1.48 bits per heavy atom. The molecule has 0 unspecified atom stereocenters. The average Bonchev–Trinajstić information content (AvgIpc) is 2.51. The largest absolute Gasteiger partial charge is 0.391 e. The highest BCUT2D eigenvalue weighted by atomic mass is 32.2. The molecule has 1 saturated heterocycles. The molecule has 0 atom stereocenters. The zero-order chi connectivity index (χ0) is 16.4. The number of terminal acetylenes is 2. The van der Waals surface area contributed by atoms with Crippen molar-refractivity contribution in [3.05, 3.63) is 0 Å². The van der Waals surface area contributed by atoms with E-state index in [9.17, 15) is 16.8 Å². The van der Waals surface area contributed by atoms with Crippen molar-refractivity contribution in [2.45, 2.75) is 18.7 Å². The first-order chi connectivity index (χ1) is 9.45. The van der Waals surface area contributed by atoms with Gasteiger partial charge in [-0.2, -0.15) is 0 Å². The molecule has 0 amide bonds. The van der Waals surface area contributed by atoms with E-state index in [1.807, 2.05) is 0 Å². The van der Waals surface area contributed by atoms with Crippen molar-refractivity contribution in [3.8, 4) is 24.7 Å². The first-order valence-corrected chi connectivity index (χ1v) is 12.5. The van der Waals surface area contributed by atoms with Gasteiger partial charge < -0.3 is 8.85 Å². The number of sulfone groups is 2. The molecule has 0 N–H and O–H groups in total. The van der Waals surface area contributed by atoms with Gasteiger partial charge in [-0.15, -0.1) is 12.8 Å². The SMILES string of the molecule is C#CCS(=O)(=O)CC1(CS(=O)(=O)CC#C)CO[Si](C)(C)O1. The van der Waals surface area contributed by atoms with Gasteiger partial charge in [0.15, 0.2) is 19.7 Å². The quantitative estimate of drug-likeness (QED) is 0.477. The van der Waals surface area contributed by atoms with E-state index in [2.05, 4.69) is 11.8 Å². The molecule has 118 valence electrons. The zero-order valence-electron chi connectivity index (χ0n) is 12.0. The molecule has 21 heavy (non-hydrogen) atoms. The molecule has 0 radical (unpaired) electrons. The van der Waals surface area contributed by atoms with E-state index >= 15 is 0 Å². The van der Waals surface area contributed by atoms with Crippen molar-refractivity contribution < 1.29 is 25.7 Å². The molecule has 1 aliphatic heterocycles. The third-order valence-corrected chi connectivity index (χ3v) is 7.63. The highest BCUT2D eigenvalue weighted by molar-refractivity contribution is 7.92. The van der Waals surface area contributed by atoms with Crippen molar-refractivity contribution in [2.24, 2.45) is 0 Å². The molecule has 1 rings (SSSR count). The molecular weight excluding hydrogens is 332 g/mol. The maximum Gasteiger partial charge on any atom is 0.332 e. The normalized spacial score (nSPS) is 20.6. The van der Waals surface area contributed by atoms with Crippen molar-refractivity contribution in [1.29, 1.82) is 0 Å². The van der Waals surface area contributed by atoms with Gasteiger partial charge in [0.2, 0.25) is 0 Å². The van der Waals surface area contributed by atoms with E-state index in [4.69, 9.17) is 21.7 Å². The molecule has 1 fully saturated rings. The molecule has 9 heteroatoms. The summed E-state index contributed by atoms with van der Waals surface area (Å²) >= 11 is 0. The molecule has 0 aromatic heterocycles. The van der Waals surface area contributed by atoms with Crippen LogP contribution in [0.2, 0.25) is 13.1 Å². The molecule has 6 nitrogen and oxygen atoms in total. The molecule has 0 saturated carbocycles. The van der Waals surface area contributed by atoms with E-state index in [-0.39, 0.29) is 6.61 Å². The van der Waals surface area contributed by atoms with Crippen molar-refractivity contribution in [1.82, 2.24) is 0 Å². The zero-order valence-corrected chi connectivity index (χ0v) is 14.6. The van der Waals surface area contributed by atoms with Gasteiger partial charge in [0, 0.05) is 0 Å². The second-order valence-corrected chi connectivity index (χ2v) is 12.9. The van der Waals surface area contributed by atoms with Gasteiger partial charge in [-0.25, -0.2) is 16.8 Å². The lowest BCUT2D eigenvalue weighted by atomic mass is 10.1. The first-order valence-electron chi connectivity index (χ1n) is 6.07. The molecular formula is C12H18O6S2Si. The Kier molecular flexibility index (Phi) is 5.30. The second-order valence-electron chi connectivity index (χ2n) is 5.45. The van der Waals surface area contributed by atoms with Crippen LogP contribution in [-0.2, 0) is 28.5 Å². The van der Waals surface area contributed by atoms with Crippen LogP contribution in [0.15, 0.2) is 0 Å². The Morgan fingerprint density at radius 3 is 1.76 bits per heavy atom. The first kappa shape index (κ1) is 18.2. The van der Waals surface area contributed by atoms with Crippen LogP contribution >= 0.6 is 0 Å². The Morgan fingerprint density at radius 1 is 1.05 bits per heavy atom. The maximum absolute atomic E-state index is 11.9. The van der Waals surface area contributed by atoms with Crippen LogP contribution in [-0.4, -0.2) is 60.6 Å².